The molecule has 0 bridgehead atoms. The summed E-state index contributed by atoms with van der Waals surface area (Å²) in [6.45, 7) is 2.43. The maximum Gasteiger partial charge on any atom is 0.196 e. The van der Waals surface area contributed by atoms with Gasteiger partial charge in [0.2, 0.25) is 0 Å². The first-order chi connectivity index (χ1) is 7.70. The van der Waals surface area contributed by atoms with E-state index in [1.165, 1.54) is 0 Å². The Balaban J connectivity index is 2.40. The average Bonchev–Trinajstić information content (AvgIpc) is 2.60. The van der Waals surface area contributed by atoms with Crippen molar-refractivity contribution < 1.29 is 4.42 Å². The molecule has 1 aromatic heterocycles. The highest BCUT2D eigenvalue weighted by molar-refractivity contribution is 6.30. The minimum atomic E-state index is 0.537. The van der Waals surface area contributed by atoms with Crippen molar-refractivity contribution in [3.63, 3.8) is 0 Å². The summed E-state index contributed by atoms with van der Waals surface area (Å²) in [5.41, 5.74) is 7.27. The number of rotatable bonds is 3. The van der Waals surface area contributed by atoms with Crippen LogP contribution in [0, 0.1) is 6.92 Å². The van der Waals surface area contributed by atoms with Gasteiger partial charge in [0.1, 0.15) is 11.5 Å². The Hall–Kier alpha value is -1.32. The van der Waals surface area contributed by atoms with Crippen LogP contribution in [-0.2, 0) is 6.42 Å². The summed E-state index contributed by atoms with van der Waals surface area (Å²) in [4.78, 5) is 4.41. The average molecular weight is 237 g/mol. The van der Waals surface area contributed by atoms with Gasteiger partial charge in [-0.2, -0.15) is 0 Å². The molecule has 0 spiro atoms. The third kappa shape index (κ3) is 2.26. The van der Waals surface area contributed by atoms with Crippen LogP contribution in [0.1, 0.15) is 11.7 Å². The SMILES string of the molecule is Cc1oc(CCN)nc1-c1cccc(Cl)c1. The number of hydrogen-bond donors (Lipinski definition) is 1. The van der Waals surface area contributed by atoms with Crippen molar-refractivity contribution in [2.24, 2.45) is 5.73 Å². The third-order valence-electron chi connectivity index (χ3n) is 2.30. The van der Waals surface area contributed by atoms with Crippen LogP contribution < -0.4 is 5.73 Å². The van der Waals surface area contributed by atoms with Gasteiger partial charge in [0.15, 0.2) is 5.89 Å². The molecule has 0 fully saturated rings. The number of aryl methyl sites for hydroxylation is 1. The molecule has 1 aromatic carbocycles. The summed E-state index contributed by atoms with van der Waals surface area (Å²) < 4.78 is 5.52. The Morgan fingerprint density at radius 2 is 2.25 bits per heavy atom. The van der Waals surface area contributed by atoms with Crippen LogP contribution in [0.5, 0.6) is 0 Å². The maximum atomic E-state index is 5.94. The topological polar surface area (TPSA) is 52.0 Å². The van der Waals surface area contributed by atoms with E-state index < -0.39 is 0 Å². The number of nitrogens with two attached hydrogens (primary N) is 1. The number of nitrogens with zero attached hydrogens (tertiary/aromatic N) is 1. The fourth-order valence-corrected chi connectivity index (χ4v) is 1.78. The van der Waals surface area contributed by atoms with E-state index in [4.69, 9.17) is 21.8 Å². The number of aromatic nitrogens is 1. The minimum absolute atomic E-state index is 0.537. The van der Waals surface area contributed by atoms with Crippen molar-refractivity contribution in [3.05, 3.63) is 40.9 Å². The van der Waals surface area contributed by atoms with E-state index in [-0.39, 0.29) is 0 Å². The zero-order chi connectivity index (χ0) is 11.5. The lowest BCUT2D eigenvalue weighted by Gasteiger charge is -1.97. The van der Waals surface area contributed by atoms with Gasteiger partial charge in [0, 0.05) is 23.6 Å². The Morgan fingerprint density at radius 3 is 2.94 bits per heavy atom. The first kappa shape index (κ1) is 11.2. The highest BCUT2D eigenvalue weighted by Crippen LogP contribution is 2.25. The van der Waals surface area contributed by atoms with Crippen LogP contribution >= 0.6 is 11.6 Å². The lowest BCUT2D eigenvalue weighted by atomic mass is 10.1. The van der Waals surface area contributed by atoms with E-state index in [0.29, 0.717) is 23.9 Å². The molecule has 2 aromatic rings. The first-order valence-corrected chi connectivity index (χ1v) is 5.51. The zero-order valence-corrected chi connectivity index (χ0v) is 9.79. The van der Waals surface area contributed by atoms with Crippen LogP contribution in [0.25, 0.3) is 11.3 Å². The van der Waals surface area contributed by atoms with Crippen molar-refractivity contribution in [1.29, 1.82) is 0 Å². The van der Waals surface area contributed by atoms with E-state index in [1.807, 2.05) is 31.2 Å². The van der Waals surface area contributed by atoms with Gasteiger partial charge >= 0.3 is 0 Å². The molecule has 0 aliphatic heterocycles. The molecule has 1 heterocycles. The molecular weight excluding hydrogens is 224 g/mol. The predicted molar refractivity (Wildman–Crippen MR) is 64.4 cm³/mol. The molecule has 0 unspecified atom stereocenters. The van der Waals surface area contributed by atoms with Crippen molar-refractivity contribution in [2.75, 3.05) is 6.54 Å². The van der Waals surface area contributed by atoms with Gasteiger partial charge < -0.3 is 10.2 Å². The molecule has 16 heavy (non-hydrogen) atoms. The Morgan fingerprint density at radius 1 is 1.44 bits per heavy atom. The number of hydrogen-bond acceptors (Lipinski definition) is 3. The lowest BCUT2D eigenvalue weighted by Crippen LogP contribution is -2.02. The van der Waals surface area contributed by atoms with Gasteiger partial charge in [-0.3, -0.25) is 0 Å². The Kier molecular flexibility index (Phi) is 3.27. The molecule has 0 aliphatic carbocycles. The molecule has 0 saturated heterocycles. The summed E-state index contributed by atoms with van der Waals surface area (Å²) in [5, 5.41) is 0.695. The molecule has 4 heteroatoms. The van der Waals surface area contributed by atoms with Crippen LogP contribution in [0.4, 0.5) is 0 Å². The van der Waals surface area contributed by atoms with Crippen LogP contribution in [0.2, 0.25) is 5.02 Å². The Bertz CT molecular complexity index is 494. The molecule has 0 amide bonds. The van der Waals surface area contributed by atoms with E-state index in [0.717, 1.165) is 17.0 Å². The normalized spacial score (nSPS) is 10.7. The smallest absolute Gasteiger partial charge is 0.196 e. The number of oxazole rings is 1. The van der Waals surface area contributed by atoms with Gasteiger partial charge in [0.05, 0.1) is 0 Å². The molecule has 0 atom stereocenters. The van der Waals surface area contributed by atoms with E-state index in [9.17, 15) is 0 Å². The van der Waals surface area contributed by atoms with Crippen molar-refractivity contribution in [1.82, 2.24) is 4.98 Å². The molecule has 84 valence electrons. The number of halogens is 1. The second kappa shape index (κ2) is 4.68. The summed E-state index contributed by atoms with van der Waals surface area (Å²) in [6, 6.07) is 7.57. The Labute approximate surface area is 99.2 Å². The summed E-state index contributed by atoms with van der Waals surface area (Å²) in [5.74, 6) is 1.47. The van der Waals surface area contributed by atoms with E-state index in [1.54, 1.807) is 0 Å². The third-order valence-corrected chi connectivity index (χ3v) is 2.53. The highest BCUT2D eigenvalue weighted by Gasteiger charge is 2.10. The highest BCUT2D eigenvalue weighted by atomic mass is 35.5. The fraction of sp³-hybridized carbons (Fsp3) is 0.250. The maximum absolute atomic E-state index is 5.94. The molecule has 0 aliphatic rings. The quantitative estimate of drug-likeness (QED) is 0.892. The van der Waals surface area contributed by atoms with Crippen LogP contribution in [0.3, 0.4) is 0 Å². The van der Waals surface area contributed by atoms with Gasteiger partial charge in [0.25, 0.3) is 0 Å². The molecular formula is C12H13ClN2O. The van der Waals surface area contributed by atoms with Gasteiger partial charge in [-0.15, -0.1) is 0 Å². The van der Waals surface area contributed by atoms with Gasteiger partial charge in [-0.1, -0.05) is 23.7 Å². The molecule has 2 rings (SSSR count). The molecule has 3 nitrogen and oxygen atoms in total. The fourth-order valence-electron chi connectivity index (χ4n) is 1.59. The second-order valence-electron chi connectivity index (χ2n) is 3.56. The van der Waals surface area contributed by atoms with E-state index >= 15 is 0 Å². The first-order valence-electron chi connectivity index (χ1n) is 5.13. The van der Waals surface area contributed by atoms with E-state index in [2.05, 4.69) is 4.98 Å². The molecule has 2 N–H and O–H groups in total. The second-order valence-corrected chi connectivity index (χ2v) is 4.00. The van der Waals surface area contributed by atoms with Crippen LogP contribution in [-0.4, -0.2) is 11.5 Å². The van der Waals surface area contributed by atoms with Crippen molar-refractivity contribution in [2.45, 2.75) is 13.3 Å². The zero-order valence-electron chi connectivity index (χ0n) is 9.03. The number of benzene rings is 1. The predicted octanol–water partition coefficient (Wildman–Crippen LogP) is 2.80. The standard InChI is InChI=1S/C12H13ClN2O/c1-8-12(15-11(16-8)5-6-14)9-3-2-4-10(13)7-9/h2-4,7H,5-6,14H2,1H3. The van der Waals surface area contributed by atoms with Gasteiger partial charge in [-0.05, 0) is 19.1 Å². The summed E-state index contributed by atoms with van der Waals surface area (Å²) in [7, 11) is 0. The largest absolute Gasteiger partial charge is 0.445 e. The molecule has 0 saturated carbocycles. The minimum Gasteiger partial charge on any atom is -0.445 e. The monoisotopic (exact) mass is 236 g/mol. The van der Waals surface area contributed by atoms with Crippen molar-refractivity contribution in [3.8, 4) is 11.3 Å². The molecule has 0 radical (unpaired) electrons. The van der Waals surface area contributed by atoms with Gasteiger partial charge in [-0.25, -0.2) is 4.98 Å². The lowest BCUT2D eigenvalue weighted by molar-refractivity contribution is 0.473. The summed E-state index contributed by atoms with van der Waals surface area (Å²) >= 11 is 5.94. The van der Waals surface area contributed by atoms with Crippen LogP contribution in [0.15, 0.2) is 28.7 Å². The van der Waals surface area contributed by atoms with Crippen molar-refractivity contribution >= 4 is 11.6 Å². The summed E-state index contributed by atoms with van der Waals surface area (Å²) in [6.07, 6.45) is 0.654.